The average molecular weight is 299 g/mol. The molecule has 1 fully saturated rings. The minimum absolute atomic E-state index is 0. The molecule has 0 saturated carbocycles. The Hall–Kier alpha value is -1.26. The highest BCUT2D eigenvalue weighted by molar-refractivity contribution is 5.85. The van der Waals surface area contributed by atoms with Crippen LogP contribution in [0.15, 0.2) is 24.3 Å². The van der Waals surface area contributed by atoms with Gasteiger partial charge in [0.25, 0.3) is 0 Å². The molecule has 1 aliphatic heterocycles. The molecular formula is C15H23ClN2O2. The molecule has 2 rings (SSSR count). The fraction of sp³-hybridized carbons (Fsp3) is 0.533. The Morgan fingerprint density at radius 2 is 1.90 bits per heavy atom. The molecule has 1 heterocycles. The van der Waals surface area contributed by atoms with E-state index in [1.165, 1.54) is 5.56 Å². The van der Waals surface area contributed by atoms with Crippen molar-refractivity contribution in [3.63, 3.8) is 0 Å². The number of nitrogens with one attached hydrogen (secondary N) is 1. The van der Waals surface area contributed by atoms with E-state index in [1.54, 1.807) is 0 Å². The van der Waals surface area contributed by atoms with Gasteiger partial charge >= 0.3 is 0 Å². The smallest absolute Gasteiger partial charge is 0.220 e. The van der Waals surface area contributed by atoms with Crippen LogP contribution in [0.2, 0.25) is 0 Å². The number of anilines is 1. The van der Waals surface area contributed by atoms with E-state index in [1.807, 2.05) is 24.3 Å². The third-order valence-electron chi connectivity index (χ3n) is 3.53. The van der Waals surface area contributed by atoms with E-state index in [9.17, 15) is 4.79 Å². The summed E-state index contributed by atoms with van der Waals surface area (Å²) in [6.45, 7) is 2.28. The topological polar surface area (TPSA) is 64.3 Å². The van der Waals surface area contributed by atoms with Crippen molar-refractivity contribution in [2.75, 3.05) is 25.5 Å². The molecule has 0 unspecified atom stereocenters. The number of nitrogens with two attached hydrogens (primary N) is 1. The first-order chi connectivity index (χ1) is 9.24. The van der Waals surface area contributed by atoms with Gasteiger partial charge in [0, 0.05) is 31.9 Å². The zero-order chi connectivity index (χ0) is 13.5. The second-order valence-corrected chi connectivity index (χ2v) is 5.10. The van der Waals surface area contributed by atoms with Crippen LogP contribution in [0.5, 0.6) is 0 Å². The van der Waals surface area contributed by atoms with Crippen molar-refractivity contribution in [1.82, 2.24) is 5.32 Å². The fourth-order valence-electron chi connectivity index (χ4n) is 2.32. The highest BCUT2D eigenvalue weighted by Crippen LogP contribution is 2.17. The summed E-state index contributed by atoms with van der Waals surface area (Å²) in [5, 5.41) is 2.98. The van der Waals surface area contributed by atoms with Crippen molar-refractivity contribution in [3.05, 3.63) is 29.8 Å². The lowest BCUT2D eigenvalue weighted by molar-refractivity contribution is -0.122. The van der Waals surface area contributed by atoms with E-state index in [4.69, 9.17) is 10.5 Å². The van der Waals surface area contributed by atoms with Gasteiger partial charge < -0.3 is 15.8 Å². The molecule has 1 aromatic rings. The lowest BCUT2D eigenvalue weighted by Crippen LogP contribution is -2.29. The van der Waals surface area contributed by atoms with E-state index in [0.717, 1.165) is 38.2 Å². The summed E-state index contributed by atoms with van der Waals surface area (Å²) in [4.78, 5) is 11.8. The van der Waals surface area contributed by atoms with Crippen molar-refractivity contribution < 1.29 is 9.53 Å². The number of amides is 1. The number of rotatable bonds is 5. The van der Waals surface area contributed by atoms with Gasteiger partial charge in [-0.1, -0.05) is 12.1 Å². The van der Waals surface area contributed by atoms with E-state index in [0.29, 0.717) is 18.9 Å². The second kappa shape index (κ2) is 8.82. The normalized spacial score (nSPS) is 15.4. The lowest BCUT2D eigenvalue weighted by atomic mass is 9.96. The number of halogens is 1. The summed E-state index contributed by atoms with van der Waals surface area (Å²) < 4.78 is 5.29. The maximum absolute atomic E-state index is 11.8. The Balaban J connectivity index is 0.00000200. The third kappa shape index (κ3) is 5.80. The first-order valence-corrected chi connectivity index (χ1v) is 6.93. The third-order valence-corrected chi connectivity index (χ3v) is 3.53. The van der Waals surface area contributed by atoms with Crippen LogP contribution >= 0.6 is 12.4 Å². The minimum Gasteiger partial charge on any atom is -0.399 e. The van der Waals surface area contributed by atoms with Gasteiger partial charge in [0.2, 0.25) is 5.91 Å². The predicted molar refractivity (Wildman–Crippen MR) is 83.0 cm³/mol. The maximum Gasteiger partial charge on any atom is 0.220 e. The largest absolute Gasteiger partial charge is 0.399 e. The molecule has 4 nitrogen and oxygen atoms in total. The first kappa shape index (κ1) is 16.8. The van der Waals surface area contributed by atoms with Crippen LogP contribution in [-0.2, 0) is 16.0 Å². The molecule has 0 spiro atoms. The molecule has 1 aromatic carbocycles. The van der Waals surface area contributed by atoms with Gasteiger partial charge in [-0.15, -0.1) is 12.4 Å². The number of nitrogen functional groups attached to an aromatic ring is 1. The van der Waals surface area contributed by atoms with Crippen LogP contribution in [0.4, 0.5) is 5.69 Å². The SMILES string of the molecule is Cl.Nc1ccc(CCNC(=O)CC2CCOCC2)cc1. The first-order valence-electron chi connectivity index (χ1n) is 6.93. The molecule has 5 heteroatoms. The molecular weight excluding hydrogens is 276 g/mol. The number of carbonyl (C=O) groups excluding carboxylic acids is 1. The predicted octanol–water partition coefficient (Wildman–Crippen LogP) is 2.17. The summed E-state index contributed by atoms with van der Waals surface area (Å²) in [6.07, 6.45) is 3.49. The molecule has 0 atom stereocenters. The van der Waals surface area contributed by atoms with Crippen LogP contribution in [0, 0.1) is 5.92 Å². The Morgan fingerprint density at radius 1 is 1.25 bits per heavy atom. The summed E-state index contributed by atoms with van der Waals surface area (Å²) in [6, 6.07) is 7.78. The zero-order valence-electron chi connectivity index (χ0n) is 11.6. The van der Waals surface area contributed by atoms with Gasteiger partial charge in [-0.25, -0.2) is 0 Å². The van der Waals surface area contributed by atoms with Gasteiger partial charge in [0.05, 0.1) is 0 Å². The van der Waals surface area contributed by atoms with Crippen LogP contribution in [0.3, 0.4) is 0 Å². The highest BCUT2D eigenvalue weighted by atomic mass is 35.5. The summed E-state index contributed by atoms with van der Waals surface area (Å²) >= 11 is 0. The number of benzene rings is 1. The molecule has 20 heavy (non-hydrogen) atoms. The fourth-order valence-corrected chi connectivity index (χ4v) is 2.32. The number of ether oxygens (including phenoxy) is 1. The van der Waals surface area contributed by atoms with Crippen LogP contribution in [0.1, 0.15) is 24.8 Å². The van der Waals surface area contributed by atoms with Gasteiger partial charge in [-0.2, -0.15) is 0 Å². The monoisotopic (exact) mass is 298 g/mol. The molecule has 1 aliphatic rings. The van der Waals surface area contributed by atoms with Crippen molar-refractivity contribution >= 4 is 24.0 Å². The Morgan fingerprint density at radius 3 is 2.55 bits per heavy atom. The van der Waals surface area contributed by atoms with Crippen LogP contribution in [-0.4, -0.2) is 25.7 Å². The molecule has 0 radical (unpaired) electrons. The molecule has 1 saturated heterocycles. The molecule has 0 aromatic heterocycles. The summed E-state index contributed by atoms with van der Waals surface area (Å²) in [7, 11) is 0. The van der Waals surface area contributed by atoms with Gasteiger partial charge in [-0.3, -0.25) is 4.79 Å². The number of hydrogen-bond donors (Lipinski definition) is 2. The van der Waals surface area contributed by atoms with Crippen LogP contribution < -0.4 is 11.1 Å². The Kier molecular flexibility index (Phi) is 7.41. The van der Waals surface area contributed by atoms with Crippen molar-refractivity contribution in [1.29, 1.82) is 0 Å². The molecule has 112 valence electrons. The van der Waals surface area contributed by atoms with E-state index < -0.39 is 0 Å². The van der Waals surface area contributed by atoms with Gasteiger partial charge in [0.1, 0.15) is 0 Å². The number of hydrogen-bond acceptors (Lipinski definition) is 3. The van der Waals surface area contributed by atoms with Crippen molar-refractivity contribution in [3.8, 4) is 0 Å². The Bertz CT molecular complexity index is 403. The standard InChI is InChI=1S/C15H22N2O2.ClH/c16-14-3-1-12(2-4-14)5-8-17-15(18)11-13-6-9-19-10-7-13;/h1-4,13H,5-11,16H2,(H,17,18);1H. The van der Waals surface area contributed by atoms with E-state index >= 15 is 0 Å². The summed E-state index contributed by atoms with van der Waals surface area (Å²) in [5.74, 6) is 0.646. The molecule has 3 N–H and O–H groups in total. The zero-order valence-corrected chi connectivity index (χ0v) is 12.5. The number of carbonyl (C=O) groups is 1. The quantitative estimate of drug-likeness (QED) is 0.819. The van der Waals surface area contributed by atoms with Gasteiger partial charge in [-0.05, 0) is 42.9 Å². The lowest BCUT2D eigenvalue weighted by Gasteiger charge is -2.21. The average Bonchev–Trinajstić information content (AvgIpc) is 2.42. The molecule has 0 bridgehead atoms. The van der Waals surface area contributed by atoms with Gasteiger partial charge in [0.15, 0.2) is 0 Å². The van der Waals surface area contributed by atoms with E-state index in [-0.39, 0.29) is 18.3 Å². The van der Waals surface area contributed by atoms with Crippen molar-refractivity contribution in [2.45, 2.75) is 25.7 Å². The minimum atomic E-state index is 0. The van der Waals surface area contributed by atoms with E-state index in [2.05, 4.69) is 5.32 Å². The second-order valence-electron chi connectivity index (χ2n) is 5.10. The molecule has 0 aliphatic carbocycles. The highest BCUT2D eigenvalue weighted by Gasteiger charge is 2.16. The Labute approximate surface area is 126 Å². The summed E-state index contributed by atoms with van der Waals surface area (Å²) in [5.41, 5.74) is 7.59. The van der Waals surface area contributed by atoms with Crippen molar-refractivity contribution in [2.24, 2.45) is 5.92 Å². The maximum atomic E-state index is 11.8. The van der Waals surface area contributed by atoms with Crippen LogP contribution in [0.25, 0.3) is 0 Å². The molecule has 1 amide bonds.